The molecule has 1 aromatic carbocycles. The molecule has 0 spiro atoms. The summed E-state index contributed by atoms with van der Waals surface area (Å²) in [6, 6.07) is 7.14. The van der Waals surface area contributed by atoms with Gasteiger partial charge in [0.2, 0.25) is 0 Å². The predicted octanol–water partition coefficient (Wildman–Crippen LogP) is 3.97. The average Bonchev–Trinajstić information content (AvgIpc) is 2.34. The molecule has 0 aliphatic heterocycles. The Kier molecular flexibility index (Phi) is 7.00. The molecule has 0 saturated heterocycles. The van der Waals surface area contributed by atoms with E-state index in [0.717, 1.165) is 22.3 Å². The van der Waals surface area contributed by atoms with E-state index in [2.05, 4.69) is 48.5 Å². The molecule has 1 unspecified atom stereocenters. The van der Waals surface area contributed by atoms with E-state index in [0.29, 0.717) is 18.7 Å². The predicted molar refractivity (Wildman–Crippen MR) is 89.2 cm³/mol. The number of hydrogen-bond acceptors (Lipinski definition) is 3. The van der Waals surface area contributed by atoms with Crippen LogP contribution in [0.25, 0.3) is 0 Å². The van der Waals surface area contributed by atoms with Gasteiger partial charge in [0.05, 0.1) is 4.47 Å². The van der Waals surface area contributed by atoms with E-state index in [1.807, 2.05) is 25.1 Å². The van der Waals surface area contributed by atoms with Gasteiger partial charge < -0.3 is 10.5 Å². The number of nitrogens with zero attached hydrogens (tertiary/aromatic N) is 1. The molecule has 2 N–H and O–H groups in total. The van der Waals surface area contributed by atoms with Crippen LogP contribution in [0.4, 0.5) is 0 Å². The minimum atomic E-state index is 0.0396. The molecule has 0 aromatic heterocycles. The quantitative estimate of drug-likeness (QED) is 0.814. The lowest BCUT2D eigenvalue weighted by Gasteiger charge is -2.30. The van der Waals surface area contributed by atoms with Crippen LogP contribution in [0.5, 0.6) is 5.75 Å². The van der Waals surface area contributed by atoms with E-state index in [4.69, 9.17) is 10.5 Å². The van der Waals surface area contributed by atoms with E-state index in [9.17, 15) is 0 Å². The third-order valence-electron chi connectivity index (χ3n) is 3.42. The number of halogens is 1. The highest BCUT2D eigenvalue weighted by Gasteiger charge is 2.13. The molecule has 0 aliphatic rings. The van der Waals surface area contributed by atoms with Gasteiger partial charge in [0.15, 0.2) is 0 Å². The highest BCUT2D eigenvalue weighted by molar-refractivity contribution is 9.10. The molecule has 0 amide bonds. The Labute approximate surface area is 131 Å². The first-order chi connectivity index (χ1) is 9.32. The van der Waals surface area contributed by atoms with Crippen LogP contribution in [-0.4, -0.2) is 30.1 Å². The van der Waals surface area contributed by atoms with Crippen molar-refractivity contribution >= 4 is 15.9 Å². The van der Waals surface area contributed by atoms with Crippen molar-refractivity contribution in [1.29, 1.82) is 0 Å². The van der Waals surface area contributed by atoms with Crippen LogP contribution in [0.15, 0.2) is 22.7 Å². The maximum Gasteiger partial charge on any atom is 0.133 e. The lowest BCUT2D eigenvalue weighted by molar-refractivity contribution is 0.141. The minimum absolute atomic E-state index is 0.0396. The third-order valence-corrected chi connectivity index (χ3v) is 4.04. The molecule has 0 bridgehead atoms. The van der Waals surface area contributed by atoms with Crippen LogP contribution in [0.2, 0.25) is 0 Å². The van der Waals surface area contributed by atoms with E-state index in [1.54, 1.807) is 0 Å². The number of benzene rings is 1. The molecule has 0 aliphatic carbocycles. The normalized spacial score (nSPS) is 13.3. The Morgan fingerprint density at radius 3 is 2.20 bits per heavy atom. The first-order valence-electron chi connectivity index (χ1n) is 7.26. The monoisotopic (exact) mass is 342 g/mol. The second-order valence-electron chi connectivity index (χ2n) is 5.75. The van der Waals surface area contributed by atoms with Crippen molar-refractivity contribution < 1.29 is 4.74 Å². The highest BCUT2D eigenvalue weighted by atomic mass is 79.9. The number of hydrogen-bond donors (Lipinski definition) is 1. The molecule has 0 fully saturated rings. The summed E-state index contributed by atoms with van der Waals surface area (Å²) in [5.41, 5.74) is 6.98. The van der Waals surface area contributed by atoms with E-state index >= 15 is 0 Å². The zero-order valence-corrected chi connectivity index (χ0v) is 14.8. The summed E-state index contributed by atoms with van der Waals surface area (Å²) in [7, 11) is 0. The lowest BCUT2D eigenvalue weighted by atomic mass is 10.1. The van der Waals surface area contributed by atoms with E-state index < -0.39 is 0 Å². The smallest absolute Gasteiger partial charge is 0.133 e. The van der Waals surface area contributed by atoms with E-state index in [-0.39, 0.29) is 6.04 Å². The van der Waals surface area contributed by atoms with Crippen LogP contribution in [0.3, 0.4) is 0 Å². The van der Waals surface area contributed by atoms with Crippen molar-refractivity contribution in [3.8, 4) is 5.75 Å². The van der Waals surface area contributed by atoms with Gasteiger partial charge in [-0.15, -0.1) is 0 Å². The SMILES string of the molecule is CC(N)c1ccc(OCCN(C(C)C)C(C)C)c(Br)c1. The Bertz CT molecular complexity index is 411. The minimum Gasteiger partial charge on any atom is -0.491 e. The molecular weight excluding hydrogens is 316 g/mol. The number of rotatable bonds is 7. The van der Waals surface area contributed by atoms with Gasteiger partial charge in [0.25, 0.3) is 0 Å². The summed E-state index contributed by atoms with van der Waals surface area (Å²) in [5.74, 6) is 0.877. The van der Waals surface area contributed by atoms with Gasteiger partial charge in [0.1, 0.15) is 12.4 Å². The van der Waals surface area contributed by atoms with E-state index in [1.165, 1.54) is 0 Å². The Balaban J connectivity index is 2.58. The molecule has 0 saturated carbocycles. The first kappa shape index (κ1) is 17.5. The van der Waals surface area contributed by atoms with Gasteiger partial charge in [-0.1, -0.05) is 6.07 Å². The van der Waals surface area contributed by atoms with Crippen molar-refractivity contribution in [2.45, 2.75) is 52.7 Å². The van der Waals surface area contributed by atoms with Crippen molar-refractivity contribution in [3.63, 3.8) is 0 Å². The van der Waals surface area contributed by atoms with Crippen LogP contribution in [0.1, 0.15) is 46.2 Å². The van der Waals surface area contributed by atoms with Crippen LogP contribution < -0.4 is 10.5 Å². The Morgan fingerprint density at radius 2 is 1.75 bits per heavy atom. The van der Waals surface area contributed by atoms with Gasteiger partial charge in [-0.25, -0.2) is 0 Å². The molecule has 1 atom stereocenters. The topological polar surface area (TPSA) is 38.5 Å². The van der Waals surface area contributed by atoms with Crippen molar-refractivity contribution in [3.05, 3.63) is 28.2 Å². The number of nitrogens with two attached hydrogens (primary N) is 1. The van der Waals surface area contributed by atoms with Gasteiger partial charge in [-0.2, -0.15) is 0 Å². The van der Waals surface area contributed by atoms with Crippen LogP contribution in [-0.2, 0) is 0 Å². The van der Waals surface area contributed by atoms with Crippen LogP contribution in [0, 0.1) is 0 Å². The fourth-order valence-corrected chi connectivity index (χ4v) is 2.80. The second-order valence-corrected chi connectivity index (χ2v) is 6.61. The summed E-state index contributed by atoms with van der Waals surface area (Å²) in [6.45, 7) is 12.5. The van der Waals surface area contributed by atoms with Gasteiger partial charge >= 0.3 is 0 Å². The fraction of sp³-hybridized carbons (Fsp3) is 0.625. The van der Waals surface area contributed by atoms with Gasteiger partial charge in [0, 0.05) is 24.7 Å². The summed E-state index contributed by atoms with van der Waals surface area (Å²) < 4.78 is 6.84. The summed E-state index contributed by atoms with van der Waals surface area (Å²) in [6.07, 6.45) is 0. The average molecular weight is 343 g/mol. The zero-order chi connectivity index (χ0) is 15.3. The maximum atomic E-state index is 5.87. The largest absolute Gasteiger partial charge is 0.491 e. The fourth-order valence-electron chi connectivity index (χ4n) is 2.29. The van der Waals surface area contributed by atoms with Crippen molar-refractivity contribution in [2.24, 2.45) is 5.73 Å². The maximum absolute atomic E-state index is 5.87. The standard InChI is InChI=1S/C16H27BrN2O/c1-11(2)19(12(3)4)8-9-20-16-7-6-14(13(5)18)10-15(16)17/h6-7,10-13H,8-9,18H2,1-5H3. The summed E-state index contributed by atoms with van der Waals surface area (Å²) in [4.78, 5) is 2.42. The van der Waals surface area contributed by atoms with Crippen molar-refractivity contribution in [1.82, 2.24) is 4.90 Å². The molecule has 0 heterocycles. The summed E-state index contributed by atoms with van der Waals surface area (Å²) >= 11 is 3.55. The molecule has 4 heteroatoms. The Morgan fingerprint density at radius 1 is 1.15 bits per heavy atom. The third kappa shape index (κ3) is 5.08. The van der Waals surface area contributed by atoms with Crippen LogP contribution >= 0.6 is 15.9 Å². The number of ether oxygens (including phenoxy) is 1. The molecule has 114 valence electrons. The molecule has 1 rings (SSSR count). The molecule has 20 heavy (non-hydrogen) atoms. The van der Waals surface area contributed by atoms with Gasteiger partial charge in [-0.05, 0) is 68.2 Å². The van der Waals surface area contributed by atoms with Crippen molar-refractivity contribution in [2.75, 3.05) is 13.2 Å². The Hall–Kier alpha value is -0.580. The lowest BCUT2D eigenvalue weighted by Crippen LogP contribution is -2.39. The molecule has 0 radical (unpaired) electrons. The van der Waals surface area contributed by atoms with Gasteiger partial charge in [-0.3, -0.25) is 4.90 Å². The molecule has 3 nitrogen and oxygen atoms in total. The first-order valence-corrected chi connectivity index (χ1v) is 8.05. The highest BCUT2D eigenvalue weighted by Crippen LogP contribution is 2.27. The summed E-state index contributed by atoms with van der Waals surface area (Å²) in [5, 5.41) is 0. The molecular formula is C16H27BrN2O. The zero-order valence-electron chi connectivity index (χ0n) is 13.2. The molecule has 1 aromatic rings. The second kappa shape index (κ2) is 8.01.